The summed E-state index contributed by atoms with van der Waals surface area (Å²) >= 11 is 3.29. The first kappa shape index (κ1) is 23.6. The van der Waals surface area contributed by atoms with Gasteiger partial charge in [-0.3, -0.25) is 14.9 Å². The Labute approximate surface area is 155 Å². The van der Waals surface area contributed by atoms with Gasteiger partial charge in [-0.1, -0.05) is 41.5 Å². The molecular formula is C17H31NO6S. The number of carbonyl (C=O) groups is 3. The van der Waals surface area contributed by atoms with Crippen molar-refractivity contribution in [3.8, 4) is 0 Å². The summed E-state index contributed by atoms with van der Waals surface area (Å²) in [6.45, 7) is 13.7. The van der Waals surface area contributed by atoms with Crippen molar-refractivity contribution in [2.75, 3.05) is 13.3 Å². The number of hydrogen-bond donors (Lipinski definition) is 2. The van der Waals surface area contributed by atoms with Crippen LogP contribution in [0.25, 0.3) is 0 Å². The molecule has 25 heavy (non-hydrogen) atoms. The molecule has 1 atom stereocenters. The van der Waals surface area contributed by atoms with E-state index in [4.69, 9.17) is 9.47 Å². The molecule has 0 saturated heterocycles. The molecule has 7 nitrogen and oxygen atoms in total. The van der Waals surface area contributed by atoms with Crippen LogP contribution in [0.2, 0.25) is 0 Å². The van der Waals surface area contributed by atoms with E-state index in [0.29, 0.717) is 6.42 Å². The van der Waals surface area contributed by atoms with Gasteiger partial charge < -0.3 is 13.7 Å². The average molecular weight is 378 g/mol. The molecule has 0 aliphatic rings. The second kappa shape index (κ2) is 9.31. The van der Waals surface area contributed by atoms with E-state index in [0.717, 1.165) is 0 Å². The van der Waals surface area contributed by atoms with Gasteiger partial charge in [-0.15, -0.1) is 0 Å². The highest BCUT2D eigenvalue weighted by atomic mass is 32.1. The van der Waals surface area contributed by atoms with Gasteiger partial charge in [-0.25, -0.2) is 4.79 Å². The first-order chi connectivity index (χ1) is 11.2. The first-order valence-electron chi connectivity index (χ1n) is 8.15. The average Bonchev–Trinajstić information content (AvgIpc) is 2.43. The molecule has 0 aromatic carbocycles. The molecule has 1 unspecified atom stereocenters. The van der Waals surface area contributed by atoms with Gasteiger partial charge in [-0.05, 0) is 24.2 Å². The SMILES string of the molecule is CC(C)(C)CC(C)(C(=O)OCCC(=O)OCNC(=O)OS)C(C)(C)C. The molecule has 0 heterocycles. The van der Waals surface area contributed by atoms with Crippen molar-refractivity contribution >= 4 is 30.9 Å². The van der Waals surface area contributed by atoms with Crippen molar-refractivity contribution in [2.45, 2.75) is 61.3 Å². The van der Waals surface area contributed by atoms with Crippen LogP contribution >= 0.6 is 12.9 Å². The van der Waals surface area contributed by atoms with Crippen molar-refractivity contribution in [3.05, 3.63) is 0 Å². The maximum atomic E-state index is 12.7. The zero-order valence-electron chi connectivity index (χ0n) is 16.2. The Balaban J connectivity index is 4.54. The Morgan fingerprint density at radius 2 is 1.52 bits per heavy atom. The predicted molar refractivity (Wildman–Crippen MR) is 96.8 cm³/mol. The van der Waals surface area contributed by atoms with Crippen LogP contribution in [0.5, 0.6) is 0 Å². The summed E-state index contributed by atoms with van der Waals surface area (Å²) < 4.78 is 14.1. The molecule has 0 aliphatic carbocycles. The second-order valence-electron chi connectivity index (χ2n) is 8.42. The van der Waals surface area contributed by atoms with E-state index in [2.05, 4.69) is 43.2 Å². The monoisotopic (exact) mass is 377 g/mol. The van der Waals surface area contributed by atoms with Crippen molar-refractivity contribution < 1.29 is 28.0 Å². The minimum Gasteiger partial charge on any atom is -0.465 e. The molecular weight excluding hydrogens is 346 g/mol. The van der Waals surface area contributed by atoms with Gasteiger partial charge in [-0.2, -0.15) is 0 Å². The molecule has 8 heteroatoms. The molecule has 0 rings (SSSR count). The minimum atomic E-state index is -0.828. The maximum Gasteiger partial charge on any atom is 0.421 e. The second-order valence-corrected chi connectivity index (χ2v) is 8.60. The summed E-state index contributed by atoms with van der Waals surface area (Å²) in [5.74, 6) is -0.931. The van der Waals surface area contributed by atoms with Crippen molar-refractivity contribution in [2.24, 2.45) is 16.2 Å². The van der Waals surface area contributed by atoms with Crippen LogP contribution in [0.4, 0.5) is 4.79 Å². The zero-order valence-corrected chi connectivity index (χ0v) is 17.1. The molecule has 0 radical (unpaired) electrons. The zero-order chi connectivity index (χ0) is 19.9. The quantitative estimate of drug-likeness (QED) is 0.232. The molecule has 0 fully saturated rings. The molecule has 0 spiro atoms. The van der Waals surface area contributed by atoms with Gasteiger partial charge in [0, 0.05) is 12.9 Å². The predicted octanol–water partition coefficient (Wildman–Crippen LogP) is 3.48. The molecule has 1 N–H and O–H groups in total. The fourth-order valence-corrected chi connectivity index (χ4v) is 2.44. The first-order valence-corrected chi connectivity index (χ1v) is 8.51. The Bertz CT molecular complexity index is 481. The van der Waals surface area contributed by atoms with Gasteiger partial charge in [0.2, 0.25) is 0 Å². The minimum absolute atomic E-state index is 0.0484. The maximum absolute atomic E-state index is 12.7. The fraction of sp³-hybridized carbons (Fsp3) is 0.824. The van der Waals surface area contributed by atoms with E-state index in [1.165, 1.54) is 0 Å². The number of rotatable bonds is 7. The summed E-state index contributed by atoms with van der Waals surface area (Å²) in [7, 11) is 0. The highest BCUT2D eigenvalue weighted by molar-refractivity contribution is 7.75. The third-order valence-electron chi connectivity index (χ3n) is 4.06. The third-order valence-corrected chi connectivity index (χ3v) is 4.23. The topological polar surface area (TPSA) is 90.9 Å². The molecule has 0 saturated carbocycles. The van der Waals surface area contributed by atoms with Gasteiger partial charge in [0.1, 0.15) is 6.61 Å². The van der Waals surface area contributed by atoms with Gasteiger partial charge >= 0.3 is 18.0 Å². The summed E-state index contributed by atoms with van der Waals surface area (Å²) in [4.78, 5) is 34.9. The molecule has 0 aromatic rings. The van der Waals surface area contributed by atoms with Crippen molar-refractivity contribution in [1.82, 2.24) is 5.32 Å². The summed E-state index contributed by atoms with van der Waals surface area (Å²) in [6.07, 6.45) is -0.271. The van der Waals surface area contributed by atoms with Gasteiger partial charge in [0.25, 0.3) is 0 Å². The summed E-state index contributed by atoms with van der Waals surface area (Å²) in [5.41, 5.74) is -1.03. The number of esters is 2. The standard InChI is InChI=1S/C17H31NO6S/c1-15(2,3)10-17(7,16(4,5)6)13(20)22-9-8-12(19)23-11-18-14(21)24-25/h25H,8-11H2,1-7H3,(H,18,21). The lowest BCUT2D eigenvalue weighted by atomic mass is 9.61. The van der Waals surface area contributed by atoms with E-state index in [9.17, 15) is 14.4 Å². The van der Waals surface area contributed by atoms with Crippen LogP contribution in [-0.2, 0) is 23.2 Å². The van der Waals surface area contributed by atoms with Crippen LogP contribution in [-0.4, -0.2) is 31.4 Å². The van der Waals surface area contributed by atoms with Crippen LogP contribution < -0.4 is 5.32 Å². The number of carbonyl (C=O) groups excluding carboxylic acids is 3. The fourth-order valence-electron chi connectivity index (χ4n) is 2.37. The number of hydrogen-bond acceptors (Lipinski definition) is 7. The Kier molecular flexibility index (Phi) is 8.77. The van der Waals surface area contributed by atoms with E-state index in [-0.39, 0.29) is 36.6 Å². The molecule has 1 amide bonds. The normalized spacial score (nSPS) is 14.2. The Morgan fingerprint density at radius 3 is 1.96 bits per heavy atom. The number of amides is 1. The molecule has 0 bridgehead atoms. The Morgan fingerprint density at radius 1 is 0.960 bits per heavy atom. The highest BCUT2D eigenvalue weighted by Crippen LogP contribution is 2.47. The molecule has 146 valence electrons. The smallest absolute Gasteiger partial charge is 0.421 e. The number of ether oxygens (including phenoxy) is 2. The lowest BCUT2D eigenvalue weighted by Crippen LogP contribution is -2.44. The van der Waals surface area contributed by atoms with Gasteiger partial charge in [0.05, 0.1) is 11.8 Å². The van der Waals surface area contributed by atoms with Crippen molar-refractivity contribution in [1.29, 1.82) is 0 Å². The van der Waals surface area contributed by atoms with Crippen LogP contribution in [0.1, 0.15) is 61.3 Å². The van der Waals surface area contributed by atoms with Crippen molar-refractivity contribution in [3.63, 3.8) is 0 Å². The Hall–Kier alpha value is -1.44. The molecule has 0 aliphatic heterocycles. The highest BCUT2D eigenvalue weighted by Gasteiger charge is 2.47. The summed E-state index contributed by atoms with van der Waals surface area (Å²) in [5, 5.41) is 2.14. The lowest BCUT2D eigenvalue weighted by Gasteiger charge is -2.43. The third kappa shape index (κ3) is 8.47. The van der Waals surface area contributed by atoms with E-state index in [1.807, 2.05) is 27.7 Å². The number of nitrogens with one attached hydrogen (secondary N) is 1. The van der Waals surface area contributed by atoms with Crippen LogP contribution in [0.3, 0.4) is 0 Å². The number of thiol groups is 1. The van der Waals surface area contributed by atoms with E-state index in [1.54, 1.807) is 0 Å². The van der Waals surface area contributed by atoms with Gasteiger partial charge in [0.15, 0.2) is 6.73 Å². The lowest BCUT2D eigenvalue weighted by molar-refractivity contribution is -0.166. The largest absolute Gasteiger partial charge is 0.465 e. The molecule has 0 aromatic heterocycles. The van der Waals surface area contributed by atoms with Crippen LogP contribution in [0.15, 0.2) is 0 Å². The summed E-state index contributed by atoms with van der Waals surface area (Å²) in [6, 6.07) is 0. The van der Waals surface area contributed by atoms with E-state index >= 15 is 0 Å². The van der Waals surface area contributed by atoms with Crippen LogP contribution in [0, 0.1) is 16.2 Å². The van der Waals surface area contributed by atoms with E-state index < -0.39 is 17.5 Å².